The first-order valence-corrected chi connectivity index (χ1v) is 7.65. The minimum Gasteiger partial charge on any atom is -0.319 e. The van der Waals surface area contributed by atoms with E-state index in [-0.39, 0.29) is 5.91 Å². The molecule has 1 amide bonds. The zero-order valence-electron chi connectivity index (χ0n) is 11.7. The number of anilines is 1. The number of thiazole rings is 1. The monoisotopic (exact) mass is 322 g/mol. The fourth-order valence-corrected chi connectivity index (χ4v) is 2.92. The second kappa shape index (κ2) is 5.58. The van der Waals surface area contributed by atoms with Crippen LogP contribution in [0.25, 0.3) is 16.2 Å². The second-order valence-electron chi connectivity index (χ2n) is 4.68. The van der Waals surface area contributed by atoms with E-state index in [1.54, 1.807) is 52.9 Å². The van der Waals surface area contributed by atoms with Gasteiger partial charge in [0.2, 0.25) is 0 Å². The number of carbonyl (C=O) groups is 1. The minimum absolute atomic E-state index is 0.273. The molecular weight excluding hydrogens is 312 g/mol. The molecule has 112 valence electrons. The van der Waals surface area contributed by atoms with Crippen molar-refractivity contribution in [3.05, 3.63) is 60.3 Å². The van der Waals surface area contributed by atoms with Crippen LogP contribution in [0.2, 0.25) is 0 Å². The number of rotatable bonds is 3. The number of aromatic nitrogens is 5. The summed E-state index contributed by atoms with van der Waals surface area (Å²) in [6, 6.07) is 5.33. The summed E-state index contributed by atoms with van der Waals surface area (Å²) in [5, 5.41) is 9.41. The molecule has 0 aromatic carbocycles. The summed E-state index contributed by atoms with van der Waals surface area (Å²) in [7, 11) is 0. The molecule has 0 aliphatic carbocycles. The van der Waals surface area contributed by atoms with E-state index >= 15 is 0 Å². The molecule has 0 atom stereocenters. The SMILES string of the molecule is O=C(Nc1cccnc1)c1csc(-c2cnn3cccnc23)n1. The van der Waals surface area contributed by atoms with Gasteiger partial charge in [-0.05, 0) is 18.2 Å². The summed E-state index contributed by atoms with van der Waals surface area (Å²) in [5.41, 5.74) is 2.49. The summed E-state index contributed by atoms with van der Waals surface area (Å²) in [5.74, 6) is -0.273. The van der Waals surface area contributed by atoms with Crippen LogP contribution in [-0.4, -0.2) is 30.5 Å². The van der Waals surface area contributed by atoms with Crippen molar-refractivity contribution in [2.45, 2.75) is 0 Å². The standard InChI is InChI=1S/C15H10N6OS/c22-14(19-10-3-1-4-16-7-10)12-9-23-15(20-12)11-8-18-21-6-2-5-17-13(11)21/h1-9H,(H,19,22). The molecule has 4 rings (SSSR count). The van der Waals surface area contributed by atoms with E-state index in [0.717, 1.165) is 5.56 Å². The van der Waals surface area contributed by atoms with Crippen LogP contribution >= 0.6 is 11.3 Å². The molecule has 1 N–H and O–H groups in total. The van der Waals surface area contributed by atoms with Crippen LogP contribution in [0.4, 0.5) is 5.69 Å². The summed E-state index contributed by atoms with van der Waals surface area (Å²) in [4.78, 5) is 24.9. The fourth-order valence-electron chi connectivity index (χ4n) is 2.11. The van der Waals surface area contributed by atoms with Crippen molar-refractivity contribution in [1.82, 2.24) is 24.6 Å². The molecule has 0 saturated heterocycles. The van der Waals surface area contributed by atoms with Crippen LogP contribution in [0.1, 0.15) is 10.5 Å². The lowest BCUT2D eigenvalue weighted by molar-refractivity contribution is 0.102. The zero-order chi connectivity index (χ0) is 15.6. The first-order chi connectivity index (χ1) is 11.3. The van der Waals surface area contributed by atoms with Crippen molar-refractivity contribution >= 4 is 28.6 Å². The van der Waals surface area contributed by atoms with Crippen molar-refractivity contribution in [2.24, 2.45) is 0 Å². The molecule has 0 saturated carbocycles. The molecule has 0 unspecified atom stereocenters. The molecule has 4 aromatic rings. The van der Waals surface area contributed by atoms with Crippen molar-refractivity contribution in [3.8, 4) is 10.6 Å². The average molecular weight is 322 g/mol. The van der Waals surface area contributed by atoms with Gasteiger partial charge in [0.15, 0.2) is 5.65 Å². The topological polar surface area (TPSA) is 85.1 Å². The zero-order valence-corrected chi connectivity index (χ0v) is 12.6. The maximum atomic E-state index is 12.2. The highest BCUT2D eigenvalue weighted by Gasteiger charge is 2.15. The molecule has 4 heterocycles. The minimum atomic E-state index is -0.273. The maximum absolute atomic E-state index is 12.2. The highest BCUT2D eigenvalue weighted by molar-refractivity contribution is 7.13. The van der Waals surface area contributed by atoms with E-state index in [9.17, 15) is 4.79 Å². The third kappa shape index (κ3) is 2.55. The Morgan fingerprint density at radius 2 is 2.17 bits per heavy atom. The van der Waals surface area contributed by atoms with E-state index in [1.807, 2.05) is 6.20 Å². The van der Waals surface area contributed by atoms with Crippen LogP contribution in [0, 0.1) is 0 Å². The van der Waals surface area contributed by atoms with Gasteiger partial charge in [0.05, 0.1) is 23.6 Å². The molecule has 0 radical (unpaired) electrons. The summed E-state index contributed by atoms with van der Waals surface area (Å²) >= 11 is 1.38. The van der Waals surface area contributed by atoms with Gasteiger partial charge < -0.3 is 5.32 Å². The van der Waals surface area contributed by atoms with Crippen LogP contribution < -0.4 is 5.32 Å². The predicted octanol–water partition coefficient (Wildman–Crippen LogP) is 2.50. The molecule has 0 bridgehead atoms. The van der Waals surface area contributed by atoms with E-state index < -0.39 is 0 Å². The van der Waals surface area contributed by atoms with E-state index in [1.165, 1.54) is 11.3 Å². The molecule has 23 heavy (non-hydrogen) atoms. The smallest absolute Gasteiger partial charge is 0.275 e. The number of amides is 1. The highest BCUT2D eigenvalue weighted by atomic mass is 32.1. The maximum Gasteiger partial charge on any atom is 0.275 e. The van der Waals surface area contributed by atoms with E-state index in [0.29, 0.717) is 22.0 Å². The van der Waals surface area contributed by atoms with Gasteiger partial charge in [-0.2, -0.15) is 5.10 Å². The third-order valence-corrected chi connectivity index (χ3v) is 4.04. The summed E-state index contributed by atoms with van der Waals surface area (Å²) in [6.45, 7) is 0. The lowest BCUT2D eigenvalue weighted by atomic mass is 10.3. The third-order valence-electron chi connectivity index (χ3n) is 3.17. The Morgan fingerprint density at radius 1 is 1.22 bits per heavy atom. The van der Waals surface area contributed by atoms with Gasteiger partial charge in [-0.15, -0.1) is 11.3 Å². The van der Waals surface area contributed by atoms with Crippen molar-refractivity contribution in [1.29, 1.82) is 0 Å². The lowest BCUT2D eigenvalue weighted by Gasteiger charge is -2.01. The van der Waals surface area contributed by atoms with Gasteiger partial charge in [0.25, 0.3) is 5.91 Å². The lowest BCUT2D eigenvalue weighted by Crippen LogP contribution is -2.12. The fraction of sp³-hybridized carbons (Fsp3) is 0. The number of pyridine rings is 1. The Morgan fingerprint density at radius 3 is 3.04 bits per heavy atom. The van der Waals surface area contributed by atoms with Gasteiger partial charge in [0.1, 0.15) is 10.7 Å². The molecule has 8 heteroatoms. The Kier molecular flexibility index (Phi) is 3.28. The molecule has 0 spiro atoms. The van der Waals surface area contributed by atoms with Gasteiger partial charge in [-0.3, -0.25) is 9.78 Å². The van der Waals surface area contributed by atoms with Crippen molar-refractivity contribution in [2.75, 3.05) is 5.32 Å². The molecular formula is C15H10N6OS. The van der Waals surface area contributed by atoms with Crippen LogP contribution in [0.15, 0.2) is 54.6 Å². The summed E-state index contributed by atoms with van der Waals surface area (Å²) in [6.07, 6.45) is 8.44. The summed E-state index contributed by atoms with van der Waals surface area (Å²) < 4.78 is 1.67. The quantitative estimate of drug-likeness (QED) is 0.626. The van der Waals surface area contributed by atoms with Crippen molar-refractivity contribution < 1.29 is 4.79 Å². The molecule has 4 aromatic heterocycles. The van der Waals surface area contributed by atoms with Gasteiger partial charge in [0, 0.05) is 24.0 Å². The number of carbonyl (C=O) groups excluding carboxylic acids is 1. The van der Waals surface area contributed by atoms with E-state index in [2.05, 4.69) is 25.4 Å². The molecule has 0 aliphatic heterocycles. The van der Waals surface area contributed by atoms with E-state index in [4.69, 9.17) is 0 Å². The molecule has 0 fully saturated rings. The Balaban J connectivity index is 1.63. The Labute approximate surface area is 134 Å². The largest absolute Gasteiger partial charge is 0.319 e. The van der Waals surface area contributed by atoms with Crippen molar-refractivity contribution in [3.63, 3.8) is 0 Å². The number of nitrogens with one attached hydrogen (secondary N) is 1. The normalized spacial score (nSPS) is 10.8. The number of hydrogen-bond acceptors (Lipinski definition) is 6. The molecule has 0 aliphatic rings. The second-order valence-corrected chi connectivity index (χ2v) is 5.54. The van der Waals surface area contributed by atoms with Gasteiger partial charge in [-0.1, -0.05) is 0 Å². The Hall–Kier alpha value is -3.13. The van der Waals surface area contributed by atoms with Crippen LogP contribution in [0.5, 0.6) is 0 Å². The van der Waals surface area contributed by atoms with Crippen LogP contribution in [-0.2, 0) is 0 Å². The predicted molar refractivity (Wildman–Crippen MR) is 86.3 cm³/mol. The first-order valence-electron chi connectivity index (χ1n) is 6.77. The number of fused-ring (bicyclic) bond motifs is 1. The highest BCUT2D eigenvalue weighted by Crippen LogP contribution is 2.26. The number of nitrogens with zero attached hydrogens (tertiary/aromatic N) is 5. The molecule has 7 nitrogen and oxygen atoms in total. The van der Waals surface area contributed by atoms with Gasteiger partial charge in [-0.25, -0.2) is 14.5 Å². The average Bonchev–Trinajstić information content (AvgIpc) is 3.22. The van der Waals surface area contributed by atoms with Gasteiger partial charge >= 0.3 is 0 Å². The first kappa shape index (κ1) is 13.5. The number of hydrogen-bond donors (Lipinski definition) is 1. The Bertz CT molecular complexity index is 978. The van der Waals surface area contributed by atoms with Crippen LogP contribution in [0.3, 0.4) is 0 Å².